The van der Waals surface area contributed by atoms with E-state index in [9.17, 15) is 4.79 Å². The monoisotopic (exact) mass is 362 g/mol. The fraction of sp³-hybridized carbons (Fsp3) is 0.783. The summed E-state index contributed by atoms with van der Waals surface area (Å²) >= 11 is 0. The normalized spacial score (nSPS) is 39.5. The molecule has 0 amide bonds. The molecular weight excluding hydrogens is 324 g/mol. The largest absolute Gasteiger partial charge is 0.359 e. The Balaban J connectivity index is 2.46. The number of hydrogen-bond acceptors (Lipinski definition) is 3. The highest BCUT2D eigenvalue weighted by Crippen LogP contribution is 2.56. The Bertz CT molecular complexity index is 546. The van der Waals surface area contributed by atoms with Crippen molar-refractivity contribution < 1.29 is 14.3 Å². The molecule has 4 atom stereocenters. The van der Waals surface area contributed by atoms with Crippen molar-refractivity contribution in [3.05, 3.63) is 23.3 Å². The van der Waals surface area contributed by atoms with Crippen LogP contribution in [0.15, 0.2) is 23.3 Å². The summed E-state index contributed by atoms with van der Waals surface area (Å²) in [6.45, 7) is 11.6. The molecule has 0 aromatic carbocycles. The summed E-state index contributed by atoms with van der Waals surface area (Å²) in [5.41, 5.74) is 2.51. The predicted molar refractivity (Wildman–Crippen MR) is 107 cm³/mol. The van der Waals surface area contributed by atoms with E-state index in [0.29, 0.717) is 5.92 Å². The molecule has 0 aromatic heterocycles. The van der Waals surface area contributed by atoms with E-state index in [4.69, 9.17) is 9.47 Å². The maximum Gasteiger partial charge on any atom is 0.147 e. The summed E-state index contributed by atoms with van der Waals surface area (Å²) < 4.78 is 11.5. The van der Waals surface area contributed by atoms with Gasteiger partial charge >= 0.3 is 0 Å². The van der Waals surface area contributed by atoms with E-state index in [0.717, 1.165) is 38.5 Å². The Morgan fingerprint density at radius 3 is 2.58 bits per heavy atom. The first-order valence-electron chi connectivity index (χ1n) is 10.1. The Hall–Kier alpha value is -0.930. The third-order valence-electron chi connectivity index (χ3n) is 6.95. The molecule has 1 fully saturated rings. The van der Waals surface area contributed by atoms with Gasteiger partial charge in [-0.3, -0.25) is 0 Å². The number of carbonyl (C=O) groups is 1. The van der Waals surface area contributed by atoms with Crippen LogP contribution in [0.3, 0.4) is 0 Å². The van der Waals surface area contributed by atoms with Crippen LogP contribution in [0, 0.1) is 23.2 Å². The molecule has 2 aliphatic rings. The van der Waals surface area contributed by atoms with Gasteiger partial charge in [0.25, 0.3) is 0 Å². The van der Waals surface area contributed by atoms with Crippen LogP contribution in [0.1, 0.15) is 73.1 Å². The number of allylic oxidation sites excluding steroid dienone is 4. The Labute approximate surface area is 160 Å². The SMILES string of the molecule is COCO[C@@]1(C)CC[C@@H]2C/C=C(\C)CC/C=C(\C)C[C@H](C=O)C1C2(C)C. The maximum atomic E-state index is 12.2. The molecule has 2 bridgehead atoms. The molecule has 0 N–H and O–H groups in total. The van der Waals surface area contributed by atoms with E-state index >= 15 is 0 Å². The van der Waals surface area contributed by atoms with E-state index < -0.39 is 0 Å². The van der Waals surface area contributed by atoms with E-state index in [2.05, 4.69) is 46.8 Å². The van der Waals surface area contributed by atoms with Crippen LogP contribution in [-0.2, 0) is 14.3 Å². The number of ether oxygens (including phenoxy) is 2. The lowest BCUT2D eigenvalue weighted by molar-refractivity contribution is -0.208. The molecule has 3 heteroatoms. The van der Waals surface area contributed by atoms with Crippen molar-refractivity contribution in [3.8, 4) is 0 Å². The smallest absolute Gasteiger partial charge is 0.147 e. The summed E-state index contributed by atoms with van der Waals surface area (Å²) in [6.07, 6.45) is 12.2. The minimum atomic E-state index is -0.329. The lowest BCUT2D eigenvalue weighted by Gasteiger charge is -2.56. The molecule has 2 aliphatic carbocycles. The second-order valence-corrected chi connectivity index (χ2v) is 9.28. The van der Waals surface area contributed by atoms with Crippen molar-refractivity contribution in [1.82, 2.24) is 0 Å². The summed E-state index contributed by atoms with van der Waals surface area (Å²) in [6, 6.07) is 0. The Kier molecular flexibility index (Phi) is 7.27. The Morgan fingerprint density at radius 2 is 1.92 bits per heavy atom. The number of methoxy groups -OCH3 is 1. The van der Waals surface area contributed by atoms with Crippen LogP contribution in [0.2, 0.25) is 0 Å². The van der Waals surface area contributed by atoms with Crippen LogP contribution in [-0.4, -0.2) is 25.8 Å². The number of carbonyl (C=O) groups excluding carboxylic acids is 1. The van der Waals surface area contributed by atoms with Crippen molar-refractivity contribution >= 4 is 6.29 Å². The van der Waals surface area contributed by atoms with Gasteiger partial charge in [0, 0.05) is 18.9 Å². The molecule has 148 valence electrons. The molecule has 0 aromatic rings. The molecule has 2 rings (SSSR count). The highest BCUT2D eigenvalue weighted by molar-refractivity contribution is 5.55. The summed E-state index contributed by atoms with van der Waals surface area (Å²) in [5, 5.41) is 0. The maximum absolute atomic E-state index is 12.2. The molecule has 1 saturated carbocycles. The van der Waals surface area contributed by atoms with Crippen molar-refractivity contribution in [2.45, 2.75) is 78.7 Å². The highest BCUT2D eigenvalue weighted by atomic mass is 16.7. The third kappa shape index (κ3) is 4.67. The molecule has 0 spiro atoms. The van der Waals surface area contributed by atoms with Crippen LogP contribution in [0.4, 0.5) is 0 Å². The van der Waals surface area contributed by atoms with Gasteiger partial charge in [-0.2, -0.15) is 0 Å². The lowest BCUT2D eigenvalue weighted by Crippen LogP contribution is -2.56. The molecule has 0 radical (unpaired) electrons. The van der Waals surface area contributed by atoms with Gasteiger partial charge in [0.15, 0.2) is 0 Å². The van der Waals surface area contributed by atoms with Crippen molar-refractivity contribution in [2.24, 2.45) is 23.2 Å². The van der Waals surface area contributed by atoms with Gasteiger partial charge in [-0.15, -0.1) is 0 Å². The third-order valence-corrected chi connectivity index (χ3v) is 6.95. The quantitative estimate of drug-likeness (QED) is 0.365. The van der Waals surface area contributed by atoms with Gasteiger partial charge < -0.3 is 14.3 Å². The van der Waals surface area contributed by atoms with Gasteiger partial charge in [0.2, 0.25) is 0 Å². The highest BCUT2D eigenvalue weighted by Gasteiger charge is 2.54. The fourth-order valence-corrected chi connectivity index (χ4v) is 5.50. The standard InChI is InChI=1S/C23H38O3/c1-17-8-7-9-18(2)14-19(15-24)21-22(3,4)20(11-10-17)12-13-23(21,5)26-16-25-6/h9-10,15,19-21H,7-8,11-14,16H2,1-6H3/b17-10+,18-9+/t19-,20+,21?,23+/m1/s1. The Morgan fingerprint density at radius 1 is 1.19 bits per heavy atom. The van der Waals surface area contributed by atoms with E-state index in [-0.39, 0.29) is 29.6 Å². The van der Waals surface area contributed by atoms with Gasteiger partial charge in [-0.25, -0.2) is 0 Å². The molecule has 26 heavy (non-hydrogen) atoms. The van der Waals surface area contributed by atoms with Crippen molar-refractivity contribution in [1.29, 1.82) is 0 Å². The van der Waals surface area contributed by atoms with Crippen LogP contribution >= 0.6 is 0 Å². The number of aldehydes is 1. The zero-order chi connectivity index (χ0) is 19.4. The average Bonchev–Trinajstić information content (AvgIpc) is 2.57. The second kappa shape index (κ2) is 8.84. The predicted octanol–water partition coefficient (Wildman–Crippen LogP) is 5.70. The molecule has 0 saturated heterocycles. The zero-order valence-corrected chi connectivity index (χ0v) is 17.6. The van der Waals surface area contributed by atoms with Crippen molar-refractivity contribution in [3.63, 3.8) is 0 Å². The zero-order valence-electron chi connectivity index (χ0n) is 17.6. The van der Waals surface area contributed by atoms with Gasteiger partial charge in [-0.05, 0) is 70.6 Å². The second-order valence-electron chi connectivity index (χ2n) is 9.28. The van der Waals surface area contributed by atoms with E-state index in [1.807, 2.05) is 0 Å². The van der Waals surface area contributed by atoms with Gasteiger partial charge in [-0.1, -0.05) is 37.1 Å². The summed E-state index contributed by atoms with van der Waals surface area (Å²) in [5.74, 6) is 0.737. The molecule has 3 nitrogen and oxygen atoms in total. The molecular formula is C23H38O3. The van der Waals surface area contributed by atoms with Crippen LogP contribution in [0.25, 0.3) is 0 Å². The van der Waals surface area contributed by atoms with E-state index in [1.54, 1.807) is 7.11 Å². The van der Waals surface area contributed by atoms with E-state index in [1.165, 1.54) is 17.4 Å². The fourth-order valence-electron chi connectivity index (χ4n) is 5.50. The van der Waals surface area contributed by atoms with Crippen molar-refractivity contribution in [2.75, 3.05) is 13.9 Å². The van der Waals surface area contributed by atoms with Gasteiger partial charge in [0.05, 0.1) is 5.60 Å². The topological polar surface area (TPSA) is 35.5 Å². The average molecular weight is 363 g/mol. The first-order valence-corrected chi connectivity index (χ1v) is 10.1. The minimum absolute atomic E-state index is 0.0181. The first-order chi connectivity index (χ1) is 12.2. The minimum Gasteiger partial charge on any atom is -0.359 e. The number of rotatable bonds is 4. The number of hydrogen-bond donors (Lipinski definition) is 0. The lowest BCUT2D eigenvalue weighted by atomic mass is 9.52. The first kappa shape index (κ1) is 21.4. The number of fused-ring (bicyclic) bond motifs is 2. The molecule has 0 heterocycles. The molecule has 0 aliphatic heterocycles. The van der Waals surface area contributed by atoms with Gasteiger partial charge in [0.1, 0.15) is 13.1 Å². The summed E-state index contributed by atoms with van der Waals surface area (Å²) in [4.78, 5) is 12.2. The molecule has 1 unspecified atom stereocenters. The van der Waals surface area contributed by atoms with Crippen LogP contribution < -0.4 is 0 Å². The van der Waals surface area contributed by atoms with Crippen LogP contribution in [0.5, 0.6) is 0 Å². The summed E-state index contributed by atoms with van der Waals surface area (Å²) in [7, 11) is 1.67.